The lowest BCUT2D eigenvalue weighted by Gasteiger charge is -2.18. The fraction of sp³-hybridized carbons (Fsp3) is 0.538. The molecule has 9 heteroatoms. The van der Waals surface area contributed by atoms with Crippen molar-refractivity contribution in [2.75, 3.05) is 18.9 Å². The number of esters is 2. The van der Waals surface area contributed by atoms with Crippen molar-refractivity contribution in [2.45, 2.75) is 33.3 Å². The minimum absolute atomic E-state index is 0.154. The van der Waals surface area contributed by atoms with Crippen LogP contribution in [0, 0.1) is 0 Å². The Bertz CT molecular complexity index is 562. The number of hydrogen-bond donors (Lipinski definition) is 1. The number of oxime groups is 1. The molecule has 0 amide bonds. The average molecular weight is 329 g/mol. The number of ether oxygens (including phenoxy) is 2. The van der Waals surface area contributed by atoms with Gasteiger partial charge in [-0.3, -0.25) is 0 Å². The number of anilines is 1. The Kier molecular flexibility index (Phi) is 6.29. The third-order valence-corrected chi connectivity index (χ3v) is 2.67. The second kappa shape index (κ2) is 7.74. The summed E-state index contributed by atoms with van der Waals surface area (Å²) < 4.78 is 9.92. The Labute approximate surface area is 132 Å². The van der Waals surface area contributed by atoms with Crippen LogP contribution in [0.3, 0.4) is 0 Å². The van der Waals surface area contributed by atoms with E-state index in [9.17, 15) is 9.59 Å². The van der Waals surface area contributed by atoms with E-state index in [-0.39, 0.29) is 23.1 Å². The highest BCUT2D eigenvalue weighted by molar-refractivity contribution is 7.13. The summed E-state index contributed by atoms with van der Waals surface area (Å²) in [7, 11) is 0. The molecule has 0 aromatic carbocycles. The minimum Gasteiger partial charge on any atom is -0.461 e. The molecule has 0 atom stereocenters. The summed E-state index contributed by atoms with van der Waals surface area (Å²) in [5.74, 6) is -1.31. The number of hydrogen-bond acceptors (Lipinski definition) is 9. The molecule has 0 saturated heterocycles. The molecule has 0 aliphatic heterocycles. The summed E-state index contributed by atoms with van der Waals surface area (Å²) in [6.07, 6.45) is 0. The van der Waals surface area contributed by atoms with Crippen molar-refractivity contribution in [1.29, 1.82) is 0 Å². The molecule has 22 heavy (non-hydrogen) atoms. The molecule has 0 aliphatic rings. The van der Waals surface area contributed by atoms with Crippen LogP contribution in [-0.4, -0.2) is 41.4 Å². The van der Waals surface area contributed by atoms with Crippen LogP contribution >= 0.6 is 11.3 Å². The highest BCUT2D eigenvalue weighted by Crippen LogP contribution is 2.13. The summed E-state index contributed by atoms with van der Waals surface area (Å²) in [5.41, 5.74) is 4.97. The molecular formula is C13H19N3O5S. The summed E-state index contributed by atoms with van der Waals surface area (Å²) in [5, 5.41) is 5.45. The third kappa shape index (κ3) is 6.08. The van der Waals surface area contributed by atoms with E-state index >= 15 is 0 Å². The summed E-state index contributed by atoms with van der Waals surface area (Å²) in [6.45, 7) is 6.60. The lowest BCUT2D eigenvalue weighted by molar-refractivity contribution is -0.160. The van der Waals surface area contributed by atoms with Crippen molar-refractivity contribution in [2.24, 2.45) is 5.16 Å². The zero-order valence-corrected chi connectivity index (χ0v) is 13.7. The molecule has 2 N–H and O–H groups in total. The Morgan fingerprint density at radius 2 is 2.09 bits per heavy atom. The van der Waals surface area contributed by atoms with Crippen LogP contribution in [0.15, 0.2) is 10.5 Å². The fourth-order valence-corrected chi connectivity index (χ4v) is 1.85. The molecule has 1 heterocycles. The van der Waals surface area contributed by atoms with E-state index < -0.39 is 24.1 Å². The fourth-order valence-electron chi connectivity index (χ4n) is 1.30. The van der Waals surface area contributed by atoms with E-state index in [1.54, 1.807) is 33.1 Å². The van der Waals surface area contributed by atoms with E-state index in [1.807, 2.05) is 0 Å². The van der Waals surface area contributed by atoms with Crippen molar-refractivity contribution in [3.63, 3.8) is 0 Å². The zero-order valence-electron chi connectivity index (χ0n) is 12.9. The zero-order chi connectivity index (χ0) is 16.8. The molecular weight excluding hydrogens is 310 g/mol. The van der Waals surface area contributed by atoms with E-state index in [4.69, 9.17) is 20.0 Å². The topological polar surface area (TPSA) is 113 Å². The van der Waals surface area contributed by atoms with Crippen LogP contribution in [0.5, 0.6) is 0 Å². The van der Waals surface area contributed by atoms with Crippen LogP contribution in [-0.2, 0) is 23.9 Å². The van der Waals surface area contributed by atoms with Gasteiger partial charge in [-0.05, 0) is 27.7 Å². The number of thiazole rings is 1. The van der Waals surface area contributed by atoms with Crippen LogP contribution < -0.4 is 5.73 Å². The van der Waals surface area contributed by atoms with E-state index in [2.05, 4.69) is 10.1 Å². The van der Waals surface area contributed by atoms with Gasteiger partial charge in [0.25, 0.3) is 0 Å². The Hall–Kier alpha value is -2.16. The first kappa shape index (κ1) is 17.9. The first-order chi connectivity index (χ1) is 10.2. The maximum Gasteiger partial charge on any atom is 0.362 e. The normalized spacial score (nSPS) is 11.9. The van der Waals surface area contributed by atoms with E-state index in [0.717, 1.165) is 11.3 Å². The monoisotopic (exact) mass is 329 g/mol. The summed E-state index contributed by atoms with van der Waals surface area (Å²) >= 11 is 1.15. The average Bonchev–Trinajstić information content (AvgIpc) is 2.79. The van der Waals surface area contributed by atoms with Crippen molar-refractivity contribution in [3.05, 3.63) is 11.1 Å². The van der Waals surface area contributed by atoms with Gasteiger partial charge in [-0.25, -0.2) is 14.6 Å². The Morgan fingerprint density at radius 1 is 1.41 bits per heavy atom. The maximum absolute atomic E-state index is 11.8. The van der Waals surface area contributed by atoms with Gasteiger partial charge in [0.05, 0.1) is 6.61 Å². The molecule has 8 nitrogen and oxygen atoms in total. The number of carbonyl (C=O) groups excluding carboxylic acids is 2. The maximum atomic E-state index is 11.8. The quantitative estimate of drug-likeness (QED) is 0.476. The lowest BCUT2D eigenvalue weighted by Crippen LogP contribution is -2.26. The first-order valence-electron chi connectivity index (χ1n) is 6.53. The minimum atomic E-state index is -0.711. The van der Waals surface area contributed by atoms with Gasteiger partial charge >= 0.3 is 11.9 Å². The third-order valence-electron chi connectivity index (χ3n) is 1.99. The predicted molar refractivity (Wildman–Crippen MR) is 81.5 cm³/mol. The predicted octanol–water partition coefficient (Wildman–Crippen LogP) is 1.35. The SMILES string of the molecule is CCOC(=O)/C(=N\OCC(=O)OC(C)(C)C)c1csc(N)n1. The highest BCUT2D eigenvalue weighted by Gasteiger charge is 2.21. The standard InChI is InChI=1S/C13H19N3O5S/c1-5-19-11(18)10(8-7-22-12(14)15-8)16-20-6-9(17)21-13(2,3)4/h7H,5-6H2,1-4H3,(H2,14,15)/b16-10-. The largest absolute Gasteiger partial charge is 0.461 e. The van der Waals surface area contributed by atoms with Crippen molar-refractivity contribution in [1.82, 2.24) is 4.98 Å². The smallest absolute Gasteiger partial charge is 0.362 e. The molecule has 0 radical (unpaired) electrons. The number of aromatic nitrogens is 1. The van der Waals surface area contributed by atoms with Gasteiger partial charge in [0.2, 0.25) is 12.3 Å². The van der Waals surface area contributed by atoms with Crippen LogP contribution in [0.2, 0.25) is 0 Å². The van der Waals surface area contributed by atoms with Crippen LogP contribution in [0.1, 0.15) is 33.4 Å². The molecule has 0 unspecified atom stereocenters. The summed E-state index contributed by atoms with van der Waals surface area (Å²) in [6, 6.07) is 0. The highest BCUT2D eigenvalue weighted by atomic mass is 32.1. The van der Waals surface area contributed by atoms with E-state index in [1.165, 1.54) is 0 Å². The molecule has 122 valence electrons. The molecule has 0 saturated carbocycles. The van der Waals surface area contributed by atoms with Gasteiger partial charge in [-0.2, -0.15) is 0 Å². The van der Waals surface area contributed by atoms with Crippen molar-refractivity contribution < 1.29 is 23.9 Å². The number of nitrogen functional groups attached to an aromatic ring is 1. The van der Waals surface area contributed by atoms with Gasteiger partial charge in [-0.15, -0.1) is 11.3 Å². The molecule has 1 aromatic heterocycles. The molecule has 1 rings (SSSR count). The molecule has 0 fully saturated rings. The van der Waals surface area contributed by atoms with Crippen molar-refractivity contribution in [3.8, 4) is 0 Å². The van der Waals surface area contributed by atoms with Gasteiger partial charge < -0.3 is 20.0 Å². The molecule has 0 bridgehead atoms. The number of nitrogens with two attached hydrogens (primary N) is 1. The lowest BCUT2D eigenvalue weighted by atomic mass is 10.2. The summed E-state index contributed by atoms with van der Waals surface area (Å²) in [4.78, 5) is 32.2. The number of carbonyl (C=O) groups is 2. The van der Waals surface area contributed by atoms with Crippen LogP contribution in [0.25, 0.3) is 0 Å². The second-order valence-electron chi connectivity index (χ2n) is 5.09. The van der Waals surface area contributed by atoms with Gasteiger partial charge in [0, 0.05) is 5.38 Å². The van der Waals surface area contributed by atoms with Crippen molar-refractivity contribution >= 4 is 34.1 Å². The number of rotatable bonds is 6. The Balaban J connectivity index is 2.75. The van der Waals surface area contributed by atoms with Gasteiger partial charge in [-0.1, -0.05) is 5.16 Å². The molecule has 1 aromatic rings. The van der Waals surface area contributed by atoms with E-state index in [0.29, 0.717) is 0 Å². The van der Waals surface area contributed by atoms with Gasteiger partial charge in [0.15, 0.2) is 5.13 Å². The Morgan fingerprint density at radius 3 is 2.59 bits per heavy atom. The molecule has 0 spiro atoms. The number of nitrogens with zero attached hydrogens (tertiary/aromatic N) is 2. The van der Waals surface area contributed by atoms with Gasteiger partial charge in [0.1, 0.15) is 11.3 Å². The second-order valence-corrected chi connectivity index (χ2v) is 5.98. The molecule has 0 aliphatic carbocycles. The van der Waals surface area contributed by atoms with Crippen LogP contribution in [0.4, 0.5) is 5.13 Å². The first-order valence-corrected chi connectivity index (χ1v) is 7.41.